The quantitative estimate of drug-likeness (QED) is 0.815. The largest absolute Gasteiger partial charge is 0.348 e. The molecule has 1 N–H and O–H groups in total. The summed E-state index contributed by atoms with van der Waals surface area (Å²) in [4.78, 5) is 41.3. The Labute approximate surface area is 172 Å². The number of benzene rings is 1. The van der Waals surface area contributed by atoms with Gasteiger partial charge in [-0.25, -0.2) is 0 Å². The van der Waals surface area contributed by atoms with E-state index in [1.807, 2.05) is 13.8 Å². The Bertz CT molecular complexity index is 689. The molecule has 7 heteroatoms. The van der Waals surface area contributed by atoms with E-state index in [0.29, 0.717) is 36.6 Å². The van der Waals surface area contributed by atoms with Gasteiger partial charge in [0.2, 0.25) is 11.8 Å². The van der Waals surface area contributed by atoms with Crippen LogP contribution in [0.5, 0.6) is 0 Å². The van der Waals surface area contributed by atoms with Crippen molar-refractivity contribution in [2.45, 2.75) is 45.6 Å². The summed E-state index contributed by atoms with van der Waals surface area (Å²) in [5, 5.41) is 3.60. The van der Waals surface area contributed by atoms with Crippen LogP contribution in [0.3, 0.4) is 0 Å². The molecule has 3 amide bonds. The lowest BCUT2D eigenvalue weighted by molar-refractivity contribution is -0.140. The predicted molar refractivity (Wildman–Crippen MR) is 110 cm³/mol. The predicted octanol–water partition coefficient (Wildman–Crippen LogP) is 2.96. The summed E-state index contributed by atoms with van der Waals surface area (Å²) in [5.74, 6) is -0.480. The Morgan fingerprint density at radius 1 is 1.18 bits per heavy atom. The third kappa shape index (κ3) is 5.96. The topological polar surface area (TPSA) is 69.7 Å². The van der Waals surface area contributed by atoms with Crippen LogP contribution in [0.4, 0.5) is 0 Å². The maximum absolute atomic E-state index is 12.7. The highest BCUT2D eigenvalue weighted by molar-refractivity contribution is 6.30. The molecule has 0 unspecified atom stereocenters. The van der Waals surface area contributed by atoms with Crippen LogP contribution in [-0.4, -0.2) is 60.2 Å². The molecule has 0 aliphatic carbocycles. The van der Waals surface area contributed by atoms with Crippen LogP contribution in [0.15, 0.2) is 24.3 Å². The van der Waals surface area contributed by atoms with Gasteiger partial charge in [-0.1, -0.05) is 18.0 Å². The van der Waals surface area contributed by atoms with E-state index in [-0.39, 0.29) is 36.1 Å². The second kappa shape index (κ2) is 10.5. The van der Waals surface area contributed by atoms with Gasteiger partial charge in [0, 0.05) is 55.6 Å². The maximum Gasteiger partial charge on any atom is 0.251 e. The second-order valence-corrected chi connectivity index (χ2v) is 7.73. The normalized spacial score (nSPS) is 20.7. The number of hydrogen-bond donors (Lipinski definition) is 1. The van der Waals surface area contributed by atoms with Crippen LogP contribution in [0.25, 0.3) is 0 Å². The van der Waals surface area contributed by atoms with Gasteiger partial charge in [0.05, 0.1) is 0 Å². The van der Waals surface area contributed by atoms with E-state index in [0.717, 1.165) is 12.8 Å². The molecule has 0 saturated carbocycles. The highest BCUT2D eigenvalue weighted by Crippen LogP contribution is 2.21. The Balaban J connectivity index is 2.05. The average molecular weight is 408 g/mol. The fourth-order valence-electron chi connectivity index (χ4n) is 3.60. The van der Waals surface area contributed by atoms with Crippen molar-refractivity contribution >= 4 is 29.3 Å². The molecule has 1 heterocycles. The number of rotatable bonds is 5. The Morgan fingerprint density at radius 3 is 2.43 bits per heavy atom. The van der Waals surface area contributed by atoms with Crippen molar-refractivity contribution in [3.05, 3.63) is 34.9 Å². The van der Waals surface area contributed by atoms with E-state index in [2.05, 4.69) is 5.32 Å². The lowest BCUT2D eigenvalue weighted by Gasteiger charge is -2.26. The van der Waals surface area contributed by atoms with Crippen molar-refractivity contribution < 1.29 is 14.4 Å². The summed E-state index contributed by atoms with van der Waals surface area (Å²) in [6.07, 6.45) is 2.38. The first kappa shape index (κ1) is 22.2. The lowest BCUT2D eigenvalue weighted by atomic mass is 9.95. The number of amides is 3. The standard InChI is InChI=1S/C21H30ClN3O3/c1-4-25(5-2)21(28)16-7-6-8-18(14-24(3)19(26)13-16)23-20(27)15-9-11-17(22)12-10-15/h9-12,16,18H,4-8,13-14H2,1-3H3,(H,23,27)/t16-,18-/m1/s1. The van der Waals surface area contributed by atoms with Gasteiger partial charge < -0.3 is 15.1 Å². The highest BCUT2D eigenvalue weighted by atomic mass is 35.5. The van der Waals surface area contributed by atoms with Gasteiger partial charge in [-0.3, -0.25) is 14.4 Å². The van der Waals surface area contributed by atoms with Gasteiger partial charge in [-0.05, 0) is 51.0 Å². The van der Waals surface area contributed by atoms with Crippen LogP contribution in [0, 0.1) is 5.92 Å². The molecule has 1 aromatic rings. The molecule has 1 aliphatic heterocycles. The van der Waals surface area contributed by atoms with Crippen LogP contribution in [0.1, 0.15) is 49.9 Å². The molecular formula is C21H30ClN3O3. The van der Waals surface area contributed by atoms with E-state index >= 15 is 0 Å². The van der Waals surface area contributed by atoms with Gasteiger partial charge in [0.15, 0.2) is 0 Å². The van der Waals surface area contributed by atoms with Crippen molar-refractivity contribution in [2.75, 3.05) is 26.7 Å². The summed E-state index contributed by atoms with van der Waals surface area (Å²) in [7, 11) is 1.73. The summed E-state index contributed by atoms with van der Waals surface area (Å²) in [6.45, 7) is 5.63. The Morgan fingerprint density at radius 2 is 1.82 bits per heavy atom. The third-order valence-corrected chi connectivity index (χ3v) is 5.56. The molecule has 2 rings (SSSR count). The molecule has 1 fully saturated rings. The minimum atomic E-state index is -0.291. The van der Waals surface area contributed by atoms with Gasteiger partial charge >= 0.3 is 0 Å². The monoisotopic (exact) mass is 407 g/mol. The van der Waals surface area contributed by atoms with E-state index in [4.69, 9.17) is 11.6 Å². The van der Waals surface area contributed by atoms with E-state index < -0.39 is 0 Å². The molecule has 6 nitrogen and oxygen atoms in total. The van der Waals surface area contributed by atoms with Gasteiger partial charge in [-0.2, -0.15) is 0 Å². The minimum absolute atomic E-state index is 0.0513. The van der Waals surface area contributed by atoms with Gasteiger partial charge in [-0.15, -0.1) is 0 Å². The van der Waals surface area contributed by atoms with Crippen LogP contribution in [-0.2, 0) is 9.59 Å². The summed E-state index contributed by atoms with van der Waals surface area (Å²) >= 11 is 5.88. The van der Waals surface area contributed by atoms with E-state index in [1.54, 1.807) is 41.1 Å². The van der Waals surface area contributed by atoms with Crippen molar-refractivity contribution in [3.63, 3.8) is 0 Å². The second-order valence-electron chi connectivity index (χ2n) is 7.29. The van der Waals surface area contributed by atoms with Gasteiger partial charge in [0.25, 0.3) is 5.91 Å². The molecule has 1 aromatic carbocycles. The van der Waals surface area contributed by atoms with Crippen molar-refractivity contribution in [1.82, 2.24) is 15.1 Å². The SMILES string of the molecule is CCN(CC)C(=O)[C@@H]1CCC[C@@H](NC(=O)c2ccc(Cl)cc2)CN(C)C(=O)C1. The molecule has 154 valence electrons. The molecule has 1 saturated heterocycles. The van der Waals surface area contributed by atoms with E-state index in [9.17, 15) is 14.4 Å². The molecule has 1 aliphatic rings. The van der Waals surface area contributed by atoms with Crippen LogP contribution in [0.2, 0.25) is 5.02 Å². The first-order valence-electron chi connectivity index (χ1n) is 9.94. The molecule has 0 bridgehead atoms. The zero-order valence-electron chi connectivity index (χ0n) is 16.9. The Kier molecular flexibility index (Phi) is 8.30. The fourth-order valence-corrected chi connectivity index (χ4v) is 3.72. The smallest absolute Gasteiger partial charge is 0.251 e. The molecule has 0 radical (unpaired) electrons. The first-order valence-corrected chi connectivity index (χ1v) is 10.3. The molecule has 0 aromatic heterocycles. The number of halogens is 1. The molecular weight excluding hydrogens is 378 g/mol. The number of nitrogens with zero attached hydrogens (tertiary/aromatic N) is 2. The average Bonchev–Trinajstić information content (AvgIpc) is 2.73. The van der Waals surface area contributed by atoms with E-state index in [1.165, 1.54) is 0 Å². The van der Waals surface area contributed by atoms with Crippen LogP contribution >= 0.6 is 11.6 Å². The molecule has 2 atom stereocenters. The number of likely N-dealkylation sites (N-methyl/N-ethyl adjacent to an activating group) is 1. The lowest BCUT2D eigenvalue weighted by Crippen LogP contribution is -2.44. The highest BCUT2D eigenvalue weighted by Gasteiger charge is 2.29. The first-order chi connectivity index (χ1) is 13.3. The van der Waals surface area contributed by atoms with Crippen molar-refractivity contribution in [3.8, 4) is 0 Å². The summed E-state index contributed by atoms with van der Waals surface area (Å²) < 4.78 is 0. The summed E-state index contributed by atoms with van der Waals surface area (Å²) in [6, 6.07) is 6.57. The number of carbonyl (C=O) groups excluding carboxylic acids is 3. The Hall–Kier alpha value is -2.08. The molecule has 28 heavy (non-hydrogen) atoms. The van der Waals surface area contributed by atoms with Gasteiger partial charge in [0.1, 0.15) is 0 Å². The number of carbonyl (C=O) groups is 3. The number of hydrogen-bond acceptors (Lipinski definition) is 3. The fraction of sp³-hybridized carbons (Fsp3) is 0.571. The zero-order chi connectivity index (χ0) is 20.7. The van der Waals surface area contributed by atoms with Crippen LogP contribution < -0.4 is 5.32 Å². The molecule has 0 spiro atoms. The van der Waals surface area contributed by atoms with Crippen molar-refractivity contribution in [2.24, 2.45) is 5.92 Å². The number of nitrogens with one attached hydrogen (secondary N) is 1. The minimum Gasteiger partial charge on any atom is -0.348 e. The maximum atomic E-state index is 12.7. The third-order valence-electron chi connectivity index (χ3n) is 5.31. The van der Waals surface area contributed by atoms with Crippen molar-refractivity contribution in [1.29, 1.82) is 0 Å². The zero-order valence-corrected chi connectivity index (χ0v) is 17.7. The summed E-state index contributed by atoms with van der Waals surface area (Å²) in [5.41, 5.74) is 0.535.